The Kier molecular flexibility index (Phi) is 15.2. The van der Waals surface area contributed by atoms with Crippen LogP contribution in [0.2, 0.25) is 6.04 Å². The van der Waals surface area contributed by atoms with E-state index in [1.165, 1.54) is 0 Å². The molecule has 0 fully saturated rings. The van der Waals surface area contributed by atoms with Crippen LogP contribution in [0.15, 0.2) is 0 Å². The van der Waals surface area contributed by atoms with Gasteiger partial charge in [0, 0.05) is 31.4 Å². The molecule has 1 atom stereocenters. The largest absolute Gasteiger partial charge is 0.500 e. The zero-order chi connectivity index (χ0) is 23.0. The van der Waals surface area contributed by atoms with Crippen LogP contribution in [0.4, 0.5) is 0 Å². The normalized spacial score (nSPS) is 13.2. The summed E-state index contributed by atoms with van der Waals surface area (Å²) in [5.74, 6) is -0.870. The van der Waals surface area contributed by atoms with Crippen LogP contribution < -0.4 is 5.32 Å². The van der Waals surface area contributed by atoms with E-state index in [2.05, 4.69) is 19.2 Å². The van der Waals surface area contributed by atoms with Crippen molar-refractivity contribution in [2.24, 2.45) is 0 Å². The lowest BCUT2D eigenvalue weighted by molar-refractivity contribution is -0.153. The predicted octanol–water partition coefficient (Wildman–Crippen LogP) is 3.46. The van der Waals surface area contributed by atoms with Gasteiger partial charge in [0.15, 0.2) is 0 Å². The summed E-state index contributed by atoms with van der Waals surface area (Å²) in [6.45, 7) is 15.5. The first-order chi connectivity index (χ1) is 14.3. The van der Waals surface area contributed by atoms with Gasteiger partial charge < -0.3 is 22.8 Å². The van der Waals surface area contributed by atoms with Crippen molar-refractivity contribution in [2.75, 3.05) is 33.0 Å². The molecule has 1 N–H and O–H groups in total. The highest BCUT2D eigenvalue weighted by molar-refractivity contribution is 6.60. The van der Waals surface area contributed by atoms with Crippen LogP contribution in [0.1, 0.15) is 74.1 Å². The third-order valence-electron chi connectivity index (χ3n) is 5.08. The summed E-state index contributed by atoms with van der Waals surface area (Å²) in [5, 5.41) is 3.42. The van der Waals surface area contributed by atoms with E-state index in [0.717, 1.165) is 12.8 Å². The molecule has 1 unspecified atom stereocenters. The van der Waals surface area contributed by atoms with Gasteiger partial charge in [-0.1, -0.05) is 13.8 Å². The number of carbonyl (C=O) groups excluding carboxylic acids is 2. The second-order valence-corrected chi connectivity index (χ2v) is 9.66. The number of rotatable bonds is 18. The molecular formula is C21H43NO7Si. The van der Waals surface area contributed by atoms with E-state index in [-0.39, 0.29) is 19.6 Å². The maximum atomic E-state index is 12.5. The van der Waals surface area contributed by atoms with Gasteiger partial charge in [0.25, 0.3) is 0 Å². The van der Waals surface area contributed by atoms with Gasteiger partial charge in [0.05, 0.1) is 19.6 Å². The van der Waals surface area contributed by atoms with Crippen molar-refractivity contribution in [3.8, 4) is 0 Å². The van der Waals surface area contributed by atoms with Crippen LogP contribution in [0.3, 0.4) is 0 Å². The molecule has 0 aliphatic carbocycles. The molecule has 0 saturated carbocycles. The molecule has 0 spiro atoms. The first-order valence-corrected chi connectivity index (χ1v) is 13.3. The Hall–Kier alpha value is -1.00. The number of nitrogens with one attached hydrogen (secondary N) is 1. The van der Waals surface area contributed by atoms with Gasteiger partial charge in [0.2, 0.25) is 0 Å². The molecule has 0 aliphatic heterocycles. The van der Waals surface area contributed by atoms with Gasteiger partial charge >= 0.3 is 20.7 Å². The Bertz CT molecular complexity index is 469. The van der Waals surface area contributed by atoms with Gasteiger partial charge in [0.1, 0.15) is 6.04 Å². The van der Waals surface area contributed by atoms with Gasteiger partial charge in [-0.3, -0.25) is 14.9 Å². The van der Waals surface area contributed by atoms with Crippen LogP contribution in [0.25, 0.3) is 0 Å². The van der Waals surface area contributed by atoms with Crippen LogP contribution in [-0.4, -0.2) is 65.4 Å². The molecule has 0 aromatic heterocycles. The Labute approximate surface area is 183 Å². The molecule has 0 aromatic rings. The number of ether oxygens (including phenoxy) is 2. The zero-order valence-corrected chi connectivity index (χ0v) is 21.0. The Morgan fingerprint density at radius 2 is 1.30 bits per heavy atom. The Balaban J connectivity index is 5.57. The minimum atomic E-state index is -2.82. The first-order valence-electron chi connectivity index (χ1n) is 11.3. The van der Waals surface area contributed by atoms with Crippen LogP contribution >= 0.6 is 0 Å². The van der Waals surface area contributed by atoms with Crippen molar-refractivity contribution in [1.82, 2.24) is 5.32 Å². The lowest BCUT2D eigenvalue weighted by Gasteiger charge is -2.38. The molecule has 0 aliphatic rings. The second kappa shape index (κ2) is 15.7. The molecule has 30 heavy (non-hydrogen) atoms. The summed E-state index contributed by atoms with van der Waals surface area (Å²) in [5.41, 5.74) is -0.395. The van der Waals surface area contributed by atoms with Crippen molar-refractivity contribution in [2.45, 2.75) is 91.8 Å². The molecule has 0 rings (SSSR count). The smallest absolute Gasteiger partial charge is 0.466 e. The van der Waals surface area contributed by atoms with Crippen molar-refractivity contribution in [3.05, 3.63) is 0 Å². The van der Waals surface area contributed by atoms with E-state index in [4.69, 9.17) is 22.8 Å². The maximum absolute atomic E-state index is 12.5. The summed E-state index contributed by atoms with van der Waals surface area (Å²) in [4.78, 5) is 24.6. The highest BCUT2D eigenvalue weighted by atomic mass is 28.4. The fraction of sp³-hybridized carbons (Fsp3) is 0.905. The van der Waals surface area contributed by atoms with Crippen molar-refractivity contribution < 1.29 is 32.3 Å². The monoisotopic (exact) mass is 449 g/mol. The minimum Gasteiger partial charge on any atom is -0.466 e. The minimum absolute atomic E-state index is 0.0701. The maximum Gasteiger partial charge on any atom is 0.500 e. The summed E-state index contributed by atoms with van der Waals surface area (Å²) in [6, 6.07) is -0.155. The fourth-order valence-electron chi connectivity index (χ4n) is 3.47. The second-order valence-electron chi connectivity index (χ2n) is 6.93. The third kappa shape index (κ3) is 9.87. The van der Waals surface area contributed by atoms with Crippen molar-refractivity contribution in [3.63, 3.8) is 0 Å². The fourth-order valence-corrected chi connectivity index (χ4v) is 6.25. The number of esters is 2. The Morgan fingerprint density at radius 3 is 1.70 bits per heavy atom. The molecule has 0 saturated heterocycles. The van der Waals surface area contributed by atoms with E-state index in [1.807, 2.05) is 20.8 Å². The van der Waals surface area contributed by atoms with E-state index in [1.54, 1.807) is 13.8 Å². The van der Waals surface area contributed by atoms with Crippen molar-refractivity contribution >= 4 is 20.7 Å². The molecule has 0 heterocycles. The van der Waals surface area contributed by atoms with Gasteiger partial charge in [-0.05, 0) is 53.9 Å². The third-order valence-corrected chi connectivity index (χ3v) is 8.13. The quantitative estimate of drug-likeness (QED) is 0.251. The molecule has 178 valence electrons. The average molecular weight is 450 g/mol. The molecule has 8 nitrogen and oxygen atoms in total. The first kappa shape index (κ1) is 29.0. The van der Waals surface area contributed by atoms with E-state index >= 15 is 0 Å². The molecule has 9 heteroatoms. The van der Waals surface area contributed by atoms with Crippen LogP contribution in [0, 0.1) is 0 Å². The highest BCUT2D eigenvalue weighted by Crippen LogP contribution is 2.29. The SMILES string of the molecule is CCOC(=O)CC(NC(CC)(CC)CC[Si](OCC)(OCC)OCC)C(=O)OCC. The molecular weight excluding hydrogens is 406 g/mol. The average Bonchev–Trinajstić information content (AvgIpc) is 2.71. The van der Waals surface area contributed by atoms with E-state index < -0.39 is 32.3 Å². The molecule has 0 amide bonds. The van der Waals surface area contributed by atoms with Crippen LogP contribution in [0.5, 0.6) is 0 Å². The molecule has 0 bridgehead atoms. The van der Waals surface area contributed by atoms with E-state index in [0.29, 0.717) is 32.3 Å². The van der Waals surface area contributed by atoms with Gasteiger partial charge in [-0.25, -0.2) is 0 Å². The summed E-state index contributed by atoms with van der Waals surface area (Å²) >= 11 is 0. The number of hydrogen-bond donors (Lipinski definition) is 1. The lowest BCUT2D eigenvalue weighted by atomic mass is 9.88. The molecule has 0 radical (unpaired) electrons. The highest BCUT2D eigenvalue weighted by Gasteiger charge is 2.44. The number of hydrogen-bond acceptors (Lipinski definition) is 8. The van der Waals surface area contributed by atoms with Gasteiger partial charge in [-0.2, -0.15) is 0 Å². The van der Waals surface area contributed by atoms with Gasteiger partial charge in [-0.15, -0.1) is 0 Å². The predicted molar refractivity (Wildman–Crippen MR) is 118 cm³/mol. The lowest BCUT2D eigenvalue weighted by Crippen LogP contribution is -2.55. The zero-order valence-electron chi connectivity index (χ0n) is 20.0. The summed E-state index contributed by atoms with van der Waals surface area (Å²) < 4.78 is 28.2. The summed E-state index contributed by atoms with van der Waals surface area (Å²) in [7, 11) is -2.82. The summed E-state index contributed by atoms with van der Waals surface area (Å²) in [6.07, 6.45) is 2.14. The van der Waals surface area contributed by atoms with E-state index in [9.17, 15) is 9.59 Å². The van der Waals surface area contributed by atoms with Crippen LogP contribution in [-0.2, 0) is 32.3 Å². The molecule has 0 aromatic carbocycles. The topological polar surface area (TPSA) is 92.3 Å². The van der Waals surface area contributed by atoms with Crippen molar-refractivity contribution in [1.29, 1.82) is 0 Å². The number of carbonyl (C=O) groups is 2. The standard InChI is InChI=1S/C21H43NO7Si/c1-8-21(9-2,15-16-30(27-12-5,28-13-6)29-14-7)22-18(20(24)26-11-4)17-19(23)25-10-3/h18,22H,8-17H2,1-7H3. The Morgan fingerprint density at radius 1 is 0.800 bits per heavy atom.